The average molecular weight is 298 g/mol. The molecule has 0 spiro atoms. The predicted octanol–water partition coefficient (Wildman–Crippen LogP) is 2.21. The summed E-state index contributed by atoms with van der Waals surface area (Å²) in [5.74, 6) is -0.968. The van der Waals surface area contributed by atoms with Crippen LogP contribution in [0.15, 0.2) is 18.2 Å². The third-order valence-corrected chi connectivity index (χ3v) is 3.89. The highest BCUT2D eigenvalue weighted by atomic mass is 19.1. The van der Waals surface area contributed by atoms with Crippen molar-refractivity contribution in [2.24, 2.45) is 0 Å². The standard InChI is InChI=1S/C16H24F2N2O/c1-3-7-19-15(16-11-20(2)8-9-21-16)10-12-13(17)5-4-6-14(12)18/h4-6,15-16,19H,3,7-11H2,1-2H3. The van der Waals surface area contributed by atoms with Crippen LogP contribution in [-0.2, 0) is 11.2 Å². The third kappa shape index (κ3) is 4.46. The lowest BCUT2D eigenvalue weighted by Crippen LogP contribution is -2.52. The zero-order chi connectivity index (χ0) is 15.2. The fraction of sp³-hybridized carbons (Fsp3) is 0.625. The lowest BCUT2D eigenvalue weighted by atomic mass is 9.99. The van der Waals surface area contributed by atoms with Crippen molar-refractivity contribution < 1.29 is 13.5 Å². The Morgan fingerprint density at radius 2 is 2.10 bits per heavy atom. The van der Waals surface area contributed by atoms with Gasteiger partial charge in [-0.15, -0.1) is 0 Å². The number of hydrogen-bond acceptors (Lipinski definition) is 3. The summed E-state index contributed by atoms with van der Waals surface area (Å²) in [6.07, 6.45) is 1.23. The molecule has 1 aliphatic rings. The van der Waals surface area contributed by atoms with E-state index < -0.39 is 11.6 Å². The minimum atomic E-state index is -0.484. The highest BCUT2D eigenvalue weighted by molar-refractivity contribution is 5.21. The van der Waals surface area contributed by atoms with Crippen molar-refractivity contribution >= 4 is 0 Å². The van der Waals surface area contributed by atoms with Crippen molar-refractivity contribution in [2.75, 3.05) is 33.3 Å². The van der Waals surface area contributed by atoms with E-state index in [9.17, 15) is 8.78 Å². The van der Waals surface area contributed by atoms with Crippen LogP contribution in [0.5, 0.6) is 0 Å². The molecule has 1 N–H and O–H groups in total. The molecular weight excluding hydrogens is 274 g/mol. The Labute approximate surface area is 125 Å². The van der Waals surface area contributed by atoms with E-state index in [0.717, 1.165) is 26.1 Å². The van der Waals surface area contributed by atoms with Crippen molar-refractivity contribution in [2.45, 2.75) is 31.9 Å². The molecule has 0 aromatic heterocycles. The monoisotopic (exact) mass is 298 g/mol. The number of nitrogens with zero attached hydrogens (tertiary/aromatic N) is 1. The summed E-state index contributed by atoms with van der Waals surface area (Å²) in [7, 11) is 2.04. The van der Waals surface area contributed by atoms with Crippen LogP contribution < -0.4 is 5.32 Å². The van der Waals surface area contributed by atoms with Crippen LogP contribution in [0.4, 0.5) is 8.78 Å². The molecule has 0 amide bonds. The maximum atomic E-state index is 13.9. The number of likely N-dealkylation sites (N-methyl/N-ethyl adjacent to an activating group) is 1. The van der Waals surface area contributed by atoms with E-state index in [-0.39, 0.29) is 17.7 Å². The van der Waals surface area contributed by atoms with Gasteiger partial charge in [0, 0.05) is 24.7 Å². The molecule has 0 saturated carbocycles. The van der Waals surface area contributed by atoms with Crippen LogP contribution in [0.3, 0.4) is 0 Å². The molecule has 1 aliphatic heterocycles. The van der Waals surface area contributed by atoms with Gasteiger partial charge in [0.2, 0.25) is 0 Å². The Balaban J connectivity index is 2.12. The number of ether oxygens (including phenoxy) is 1. The van der Waals surface area contributed by atoms with E-state index in [1.807, 2.05) is 7.05 Å². The Morgan fingerprint density at radius 3 is 2.71 bits per heavy atom. The molecule has 118 valence electrons. The third-order valence-electron chi connectivity index (χ3n) is 3.89. The Morgan fingerprint density at radius 1 is 1.38 bits per heavy atom. The van der Waals surface area contributed by atoms with Crippen LogP contribution in [-0.4, -0.2) is 50.3 Å². The molecule has 2 unspecified atom stereocenters. The van der Waals surface area contributed by atoms with Crippen LogP contribution in [0, 0.1) is 11.6 Å². The normalized spacial score (nSPS) is 21.4. The maximum absolute atomic E-state index is 13.9. The zero-order valence-corrected chi connectivity index (χ0v) is 12.7. The summed E-state index contributed by atoms with van der Waals surface area (Å²) in [5, 5.41) is 3.38. The second-order valence-corrected chi connectivity index (χ2v) is 5.64. The fourth-order valence-electron chi connectivity index (χ4n) is 2.67. The molecule has 0 aliphatic carbocycles. The SMILES string of the molecule is CCCNC(Cc1c(F)cccc1F)C1CN(C)CCO1. The summed E-state index contributed by atoms with van der Waals surface area (Å²) in [6.45, 7) is 5.21. The van der Waals surface area contributed by atoms with Crippen molar-refractivity contribution in [1.29, 1.82) is 0 Å². The molecule has 1 fully saturated rings. The number of nitrogens with one attached hydrogen (secondary N) is 1. The van der Waals surface area contributed by atoms with Crippen LogP contribution >= 0.6 is 0 Å². The molecule has 2 rings (SSSR count). The van der Waals surface area contributed by atoms with Crippen molar-refractivity contribution in [1.82, 2.24) is 10.2 Å². The summed E-state index contributed by atoms with van der Waals surface area (Å²) in [6, 6.07) is 3.93. The Bertz CT molecular complexity index is 436. The van der Waals surface area contributed by atoms with Gasteiger partial charge in [0.1, 0.15) is 11.6 Å². The number of rotatable bonds is 6. The summed E-state index contributed by atoms with van der Waals surface area (Å²) in [5.41, 5.74) is 0.142. The van der Waals surface area contributed by atoms with Gasteiger partial charge in [0.25, 0.3) is 0 Å². The molecule has 3 nitrogen and oxygen atoms in total. The highest BCUT2D eigenvalue weighted by Gasteiger charge is 2.28. The number of halogens is 2. The topological polar surface area (TPSA) is 24.5 Å². The first kappa shape index (κ1) is 16.3. The van der Waals surface area contributed by atoms with E-state index in [1.54, 1.807) is 0 Å². The average Bonchev–Trinajstić information content (AvgIpc) is 2.46. The molecule has 0 bridgehead atoms. The quantitative estimate of drug-likeness (QED) is 0.871. The Kier molecular flexibility index (Phi) is 6.08. The maximum Gasteiger partial charge on any atom is 0.129 e. The second-order valence-electron chi connectivity index (χ2n) is 5.64. The zero-order valence-electron chi connectivity index (χ0n) is 12.7. The minimum absolute atomic E-state index is 0.0469. The number of benzene rings is 1. The number of morpholine rings is 1. The minimum Gasteiger partial charge on any atom is -0.374 e. The van der Waals surface area contributed by atoms with Gasteiger partial charge in [-0.05, 0) is 38.6 Å². The van der Waals surface area contributed by atoms with E-state index in [0.29, 0.717) is 13.0 Å². The highest BCUT2D eigenvalue weighted by Crippen LogP contribution is 2.18. The van der Waals surface area contributed by atoms with E-state index in [1.165, 1.54) is 18.2 Å². The van der Waals surface area contributed by atoms with Gasteiger partial charge in [-0.2, -0.15) is 0 Å². The van der Waals surface area contributed by atoms with Crippen molar-refractivity contribution in [3.05, 3.63) is 35.4 Å². The van der Waals surface area contributed by atoms with Crippen molar-refractivity contribution in [3.63, 3.8) is 0 Å². The summed E-state index contributed by atoms with van der Waals surface area (Å²) < 4.78 is 33.5. The summed E-state index contributed by atoms with van der Waals surface area (Å²) >= 11 is 0. The molecule has 1 heterocycles. The molecule has 1 saturated heterocycles. The predicted molar refractivity (Wildman–Crippen MR) is 79.4 cm³/mol. The molecule has 1 aromatic carbocycles. The second kappa shape index (κ2) is 7.82. The van der Waals surface area contributed by atoms with Gasteiger partial charge in [-0.1, -0.05) is 13.0 Å². The fourth-order valence-corrected chi connectivity index (χ4v) is 2.67. The van der Waals surface area contributed by atoms with E-state index in [4.69, 9.17) is 4.74 Å². The van der Waals surface area contributed by atoms with E-state index >= 15 is 0 Å². The van der Waals surface area contributed by atoms with Gasteiger partial charge in [-0.25, -0.2) is 8.78 Å². The molecular formula is C16H24F2N2O. The first-order chi connectivity index (χ1) is 10.1. The van der Waals surface area contributed by atoms with Gasteiger partial charge < -0.3 is 15.0 Å². The van der Waals surface area contributed by atoms with Gasteiger partial charge in [0.05, 0.1) is 12.7 Å². The largest absolute Gasteiger partial charge is 0.374 e. The Hall–Kier alpha value is -1.04. The first-order valence-corrected chi connectivity index (χ1v) is 7.58. The van der Waals surface area contributed by atoms with Gasteiger partial charge >= 0.3 is 0 Å². The smallest absolute Gasteiger partial charge is 0.129 e. The van der Waals surface area contributed by atoms with Crippen LogP contribution in [0.25, 0.3) is 0 Å². The molecule has 5 heteroatoms. The summed E-state index contributed by atoms with van der Waals surface area (Å²) in [4.78, 5) is 2.19. The van der Waals surface area contributed by atoms with Crippen molar-refractivity contribution in [3.8, 4) is 0 Å². The van der Waals surface area contributed by atoms with Crippen LogP contribution in [0.2, 0.25) is 0 Å². The molecule has 1 aromatic rings. The molecule has 0 radical (unpaired) electrons. The molecule has 21 heavy (non-hydrogen) atoms. The lowest BCUT2D eigenvalue weighted by molar-refractivity contribution is -0.0385. The lowest BCUT2D eigenvalue weighted by Gasteiger charge is -2.35. The van der Waals surface area contributed by atoms with E-state index in [2.05, 4.69) is 17.1 Å². The molecule has 2 atom stereocenters. The van der Waals surface area contributed by atoms with Gasteiger partial charge in [-0.3, -0.25) is 0 Å². The number of hydrogen-bond donors (Lipinski definition) is 1. The van der Waals surface area contributed by atoms with Gasteiger partial charge in [0.15, 0.2) is 0 Å². The first-order valence-electron chi connectivity index (χ1n) is 7.58. The van der Waals surface area contributed by atoms with Crippen LogP contribution in [0.1, 0.15) is 18.9 Å².